The van der Waals surface area contributed by atoms with E-state index in [9.17, 15) is 14.9 Å². The van der Waals surface area contributed by atoms with Crippen LogP contribution in [0, 0.1) is 10.1 Å². The van der Waals surface area contributed by atoms with Crippen LogP contribution in [-0.2, 0) is 0 Å². The number of benzene rings is 1. The van der Waals surface area contributed by atoms with Gasteiger partial charge in [-0.3, -0.25) is 14.9 Å². The van der Waals surface area contributed by atoms with Crippen LogP contribution in [0.4, 0.5) is 17.1 Å². The van der Waals surface area contributed by atoms with E-state index in [-0.39, 0.29) is 33.3 Å². The minimum Gasteiger partial charge on any atom is -0.397 e. The van der Waals surface area contributed by atoms with Crippen LogP contribution in [0.15, 0.2) is 11.0 Å². The lowest BCUT2D eigenvalue weighted by Crippen LogP contribution is -2.13. The van der Waals surface area contributed by atoms with Crippen molar-refractivity contribution in [3.05, 3.63) is 21.7 Å². The highest BCUT2D eigenvalue weighted by Gasteiger charge is 2.26. The van der Waals surface area contributed by atoms with Crippen molar-refractivity contribution in [1.29, 1.82) is 0 Å². The normalized spacial score (nSPS) is 12.2. The molecule has 0 heterocycles. The molecule has 0 spiro atoms. The fourth-order valence-electron chi connectivity index (χ4n) is 1.47. The molecule has 0 aliphatic heterocycles. The predicted molar refractivity (Wildman–Crippen MR) is 71.4 cm³/mol. The molecule has 0 radical (unpaired) electrons. The van der Waals surface area contributed by atoms with Crippen molar-refractivity contribution in [3.8, 4) is 0 Å². The van der Waals surface area contributed by atoms with Gasteiger partial charge < -0.3 is 17.2 Å². The Kier molecular flexibility index (Phi) is 4.15. The molecule has 0 saturated heterocycles. The lowest BCUT2D eigenvalue weighted by molar-refractivity contribution is -0.386. The maximum Gasteiger partial charge on any atom is 0.307 e. The molecule has 1 unspecified atom stereocenters. The molecule has 1 aromatic rings. The van der Waals surface area contributed by atoms with E-state index in [2.05, 4.69) is 0 Å². The smallest absolute Gasteiger partial charge is 0.307 e. The summed E-state index contributed by atoms with van der Waals surface area (Å²) >= 11 is 1.00. The standard InChI is InChI=1S/C10H14N4O3S/c1-4(15)6-3-7(12)9(14(16)17)10(8(6)13)18-5(2)11/h3,5H,11-13H2,1-2H3. The van der Waals surface area contributed by atoms with E-state index in [1.165, 1.54) is 13.0 Å². The minimum atomic E-state index is -0.625. The molecule has 0 aliphatic carbocycles. The molecule has 1 aromatic carbocycles. The summed E-state index contributed by atoms with van der Waals surface area (Å²) in [7, 11) is 0. The fraction of sp³-hybridized carbons (Fsp3) is 0.300. The first kappa shape index (κ1) is 14.3. The van der Waals surface area contributed by atoms with Crippen LogP contribution in [0.1, 0.15) is 24.2 Å². The number of nitrogens with zero attached hydrogens (tertiary/aromatic N) is 1. The number of nitrogens with two attached hydrogens (primary N) is 3. The monoisotopic (exact) mass is 270 g/mol. The highest BCUT2D eigenvalue weighted by atomic mass is 32.2. The quantitative estimate of drug-likeness (QED) is 0.187. The van der Waals surface area contributed by atoms with Gasteiger partial charge in [0.15, 0.2) is 5.78 Å². The second-order valence-corrected chi connectivity index (χ2v) is 5.13. The second-order valence-electron chi connectivity index (χ2n) is 3.74. The van der Waals surface area contributed by atoms with Crippen molar-refractivity contribution in [2.24, 2.45) is 5.73 Å². The third-order valence-corrected chi connectivity index (χ3v) is 3.21. The van der Waals surface area contributed by atoms with Crippen LogP contribution in [0.5, 0.6) is 0 Å². The number of thioether (sulfide) groups is 1. The molecular weight excluding hydrogens is 256 g/mol. The number of hydrogen-bond acceptors (Lipinski definition) is 7. The Labute approximate surface area is 108 Å². The van der Waals surface area contributed by atoms with Gasteiger partial charge in [0.05, 0.1) is 16.0 Å². The Morgan fingerprint density at radius 2 is 2.06 bits per heavy atom. The molecule has 0 bridgehead atoms. The summed E-state index contributed by atoms with van der Waals surface area (Å²) in [5.41, 5.74) is 16.8. The van der Waals surface area contributed by atoms with Gasteiger partial charge in [-0.05, 0) is 19.9 Å². The zero-order chi connectivity index (χ0) is 14.0. The molecular formula is C10H14N4O3S. The maximum atomic E-state index is 11.4. The summed E-state index contributed by atoms with van der Waals surface area (Å²) in [5.74, 6) is -0.305. The summed E-state index contributed by atoms with van der Waals surface area (Å²) in [6, 6.07) is 1.22. The molecule has 0 amide bonds. The van der Waals surface area contributed by atoms with Crippen LogP contribution >= 0.6 is 11.8 Å². The van der Waals surface area contributed by atoms with E-state index in [1.54, 1.807) is 6.92 Å². The molecule has 8 heteroatoms. The Morgan fingerprint density at radius 1 is 1.50 bits per heavy atom. The molecule has 98 valence electrons. The van der Waals surface area contributed by atoms with Gasteiger partial charge >= 0.3 is 5.69 Å². The molecule has 0 fully saturated rings. The molecule has 0 aromatic heterocycles. The van der Waals surface area contributed by atoms with Gasteiger partial charge in [0, 0.05) is 5.56 Å². The van der Waals surface area contributed by atoms with E-state index in [4.69, 9.17) is 17.2 Å². The first-order valence-electron chi connectivity index (χ1n) is 5.05. The Morgan fingerprint density at radius 3 is 2.44 bits per heavy atom. The average molecular weight is 270 g/mol. The third-order valence-electron chi connectivity index (χ3n) is 2.19. The van der Waals surface area contributed by atoms with Crippen LogP contribution in [-0.4, -0.2) is 16.1 Å². The predicted octanol–water partition coefficient (Wildman–Crippen LogP) is 1.36. The first-order valence-corrected chi connectivity index (χ1v) is 5.93. The number of hydrogen-bond donors (Lipinski definition) is 3. The van der Waals surface area contributed by atoms with E-state index in [0.29, 0.717) is 0 Å². The van der Waals surface area contributed by atoms with Crippen molar-refractivity contribution in [1.82, 2.24) is 0 Å². The number of Topliss-reactive ketones (excluding diaryl/α,β-unsaturated/α-hetero) is 1. The Hall–Kier alpha value is -1.80. The van der Waals surface area contributed by atoms with E-state index >= 15 is 0 Å². The van der Waals surface area contributed by atoms with Crippen LogP contribution in [0.3, 0.4) is 0 Å². The number of rotatable bonds is 4. The van der Waals surface area contributed by atoms with Crippen molar-refractivity contribution in [3.63, 3.8) is 0 Å². The molecule has 1 rings (SSSR count). The van der Waals surface area contributed by atoms with Crippen molar-refractivity contribution >= 4 is 34.6 Å². The zero-order valence-corrected chi connectivity index (χ0v) is 10.8. The van der Waals surface area contributed by atoms with Gasteiger partial charge in [-0.25, -0.2) is 0 Å². The van der Waals surface area contributed by atoms with Gasteiger partial charge in [0.2, 0.25) is 0 Å². The summed E-state index contributed by atoms with van der Waals surface area (Å²) in [6.07, 6.45) is 0. The number of anilines is 2. The van der Waals surface area contributed by atoms with Crippen molar-refractivity contribution in [2.45, 2.75) is 24.1 Å². The topological polar surface area (TPSA) is 138 Å². The summed E-state index contributed by atoms with van der Waals surface area (Å²) in [6.45, 7) is 2.97. The average Bonchev–Trinajstić information content (AvgIpc) is 2.21. The van der Waals surface area contributed by atoms with Gasteiger partial charge in [-0.1, -0.05) is 11.8 Å². The molecule has 18 heavy (non-hydrogen) atoms. The highest BCUT2D eigenvalue weighted by molar-refractivity contribution is 8.00. The fourth-order valence-corrected chi connectivity index (χ4v) is 2.38. The summed E-state index contributed by atoms with van der Waals surface area (Å²) in [4.78, 5) is 21.9. The molecule has 0 saturated carbocycles. The first-order chi connectivity index (χ1) is 8.25. The number of nitro groups is 1. The van der Waals surface area contributed by atoms with Crippen LogP contribution in [0.25, 0.3) is 0 Å². The van der Waals surface area contributed by atoms with Gasteiger partial charge in [0.1, 0.15) is 10.6 Å². The van der Waals surface area contributed by atoms with E-state index in [1.807, 2.05) is 0 Å². The molecule has 0 aliphatic rings. The van der Waals surface area contributed by atoms with Gasteiger partial charge in [-0.15, -0.1) is 0 Å². The largest absolute Gasteiger partial charge is 0.397 e. The number of carbonyl (C=O) groups excluding carboxylic acids is 1. The Balaban J connectivity index is 3.58. The van der Waals surface area contributed by atoms with Gasteiger partial charge in [-0.2, -0.15) is 0 Å². The van der Waals surface area contributed by atoms with Crippen molar-refractivity contribution in [2.75, 3.05) is 11.5 Å². The zero-order valence-electron chi connectivity index (χ0n) is 9.97. The molecule has 7 nitrogen and oxygen atoms in total. The SMILES string of the molecule is CC(=O)c1cc(N)c([N+](=O)[O-])c(SC(C)N)c1N. The Bertz CT molecular complexity index is 516. The minimum absolute atomic E-state index is 0.0469. The molecule has 1 atom stereocenters. The van der Waals surface area contributed by atoms with E-state index in [0.717, 1.165) is 11.8 Å². The van der Waals surface area contributed by atoms with Crippen LogP contribution < -0.4 is 17.2 Å². The number of carbonyl (C=O) groups is 1. The lowest BCUT2D eigenvalue weighted by Gasteiger charge is -2.13. The summed E-state index contributed by atoms with van der Waals surface area (Å²) in [5, 5.41) is 10.6. The summed E-state index contributed by atoms with van der Waals surface area (Å²) < 4.78 is 0. The number of ketones is 1. The highest BCUT2D eigenvalue weighted by Crippen LogP contribution is 2.41. The lowest BCUT2D eigenvalue weighted by atomic mass is 10.1. The third kappa shape index (κ3) is 2.71. The van der Waals surface area contributed by atoms with Gasteiger partial charge in [0.25, 0.3) is 0 Å². The number of nitro benzene ring substituents is 1. The second kappa shape index (κ2) is 5.23. The number of nitrogen functional groups attached to an aromatic ring is 2. The van der Waals surface area contributed by atoms with Crippen molar-refractivity contribution < 1.29 is 9.72 Å². The molecule has 6 N–H and O–H groups in total. The van der Waals surface area contributed by atoms with Crippen LogP contribution in [0.2, 0.25) is 0 Å². The maximum absolute atomic E-state index is 11.4. The van der Waals surface area contributed by atoms with E-state index < -0.39 is 10.3 Å².